The first kappa shape index (κ1) is 16.3. The number of hydrogen-bond acceptors (Lipinski definition) is 5. The summed E-state index contributed by atoms with van der Waals surface area (Å²) in [6, 6.07) is 4.75. The second-order valence-electron chi connectivity index (χ2n) is 5.77. The molecule has 2 aromatic rings. The zero-order chi connectivity index (χ0) is 16.9. The molecular formula is C16H21N5O3. The number of furan rings is 1. The summed E-state index contributed by atoms with van der Waals surface area (Å²) in [7, 11) is 1.67. The number of amides is 2. The maximum Gasteiger partial charge on any atom is 0.292 e. The molecule has 3 heterocycles. The normalized spacial score (nSPS) is 14.7. The third-order valence-electron chi connectivity index (χ3n) is 4.01. The number of aryl methyl sites for hydroxylation is 1. The lowest BCUT2D eigenvalue weighted by Crippen LogP contribution is -2.33. The molecule has 0 bridgehead atoms. The van der Waals surface area contributed by atoms with Gasteiger partial charge in [0.25, 0.3) is 11.8 Å². The third kappa shape index (κ3) is 3.83. The van der Waals surface area contributed by atoms with E-state index in [-0.39, 0.29) is 23.3 Å². The second kappa shape index (κ2) is 7.31. The summed E-state index contributed by atoms with van der Waals surface area (Å²) >= 11 is 0. The lowest BCUT2D eigenvalue weighted by atomic mass is 10.3. The van der Waals surface area contributed by atoms with E-state index in [2.05, 4.69) is 20.6 Å². The minimum absolute atomic E-state index is 0.202. The van der Waals surface area contributed by atoms with Crippen LogP contribution in [0.3, 0.4) is 0 Å². The van der Waals surface area contributed by atoms with Crippen molar-refractivity contribution in [2.45, 2.75) is 12.8 Å². The van der Waals surface area contributed by atoms with E-state index in [9.17, 15) is 9.59 Å². The molecule has 0 spiro atoms. The molecule has 2 amide bonds. The van der Waals surface area contributed by atoms with Crippen molar-refractivity contribution in [3.8, 4) is 0 Å². The highest BCUT2D eigenvalue weighted by Crippen LogP contribution is 2.12. The van der Waals surface area contributed by atoms with Crippen LogP contribution in [0.5, 0.6) is 0 Å². The van der Waals surface area contributed by atoms with Crippen LogP contribution in [0.15, 0.2) is 28.9 Å². The highest BCUT2D eigenvalue weighted by molar-refractivity contribution is 6.02. The van der Waals surface area contributed by atoms with Crippen LogP contribution in [0.2, 0.25) is 0 Å². The monoisotopic (exact) mass is 331 g/mol. The van der Waals surface area contributed by atoms with E-state index < -0.39 is 0 Å². The van der Waals surface area contributed by atoms with E-state index in [1.807, 2.05) is 0 Å². The number of nitrogens with zero attached hydrogens (tertiary/aromatic N) is 3. The average Bonchev–Trinajstić information content (AvgIpc) is 3.29. The van der Waals surface area contributed by atoms with Crippen LogP contribution in [-0.4, -0.2) is 52.7 Å². The van der Waals surface area contributed by atoms with Gasteiger partial charge in [0.15, 0.2) is 11.5 Å². The van der Waals surface area contributed by atoms with Crippen molar-refractivity contribution in [2.75, 3.05) is 31.5 Å². The number of likely N-dealkylation sites (tertiary alicyclic amines) is 1. The van der Waals surface area contributed by atoms with Crippen LogP contribution in [0.4, 0.5) is 5.82 Å². The van der Waals surface area contributed by atoms with Gasteiger partial charge in [-0.15, -0.1) is 0 Å². The Hall–Kier alpha value is -2.61. The largest absolute Gasteiger partial charge is 0.459 e. The summed E-state index contributed by atoms with van der Waals surface area (Å²) < 4.78 is 6.49. The molecular weight excluding hydrogens is 310 g/mol. The van der Waals surface area contributed by atoms with Crippen molar-refractivity contribution < 1.29 is 14.0 Å². The Balaban J connectivity index is 1.54. The summed E-state index contributed by atoms with van der Waals surface area (Å²) in [4.78, 5) is 26.5. The van der Waals surface area contributed by atoms with Crippen molar-refractivity contribution in [3.63, 3.8) is 0 Å². The molecule has 1 aliphatic rings. The van der Waals surface area contributed by atoms with Gasteiger partial charge in [-0.3, -0.25) is 14.3 Å². The Bertz CT molecular complexity index is 701. The van der Waals surface area contributed by atoms with Crippen LogP contribution >= 0.6 is 0 Å². The van der Waals surface area contributed by atoms with Gasteiger partial charge in [-0.1, -0.05) is 0 Å². The SMILES string of the molecule is Cn1nc(C(=O)NCCN2CCCC2)cc1NC(=O)c1ccco1. The number of aromatic nitrogens is 2. The zero-order valence-corrected chi connectivity index (χ0v) is 13.6. The van der Waals surface area contributed by atoms with E-state index in [1.165, 1.54) is 23.8 Å². The minimum atomic E-state index is -0.385. The van der Waals surface area contributed by atoms with Gasteiger partial charge in [0.1, 0.15) is 5.82 Å². The van der Waals surface area contributed by atoms with Crippen LogP contribution in [-0.2, 0) is 7.05 Å². The van der Waals surface area contributed by atoms with E-state index in [0.717, 1.165) is 19.6 Å². The summed E-state index contributed by atoms with van der Waals surface area (Å²) in [5, 5.41) is 9.67. The van der Waals surface area contributed by atoms with Crippen LogP contribution < -0.4 is 10.6 Å². The second-order valence-corrected chi connectivity index (χ2v) is 5.77. The number of carbonyl (C=O) groups excluding carboxylic acids is 2. The molecule has 0 saturated carbocycles. The predicted octanol–water partition coefficient (Wildman–Crippen LogP) is 1.09. The summed E-state index contributed by atoms with van der Waals surface area (Å²) in [6.07, 6.45) is 3.89. The van der Waals surface area contributed by atoms with Gasteiger partial charge in [-0.05, 0) is 38.1 Å². The van der Waals surface area contributed by atoms with E-state index in [4.69, 9.17) is 4.42 Å². The first-order chi connectivity index (χ1) is 11.6. The third-order valence-corrected chi connectivity index (χ3v) is 4.01. The summed E-state index contributed by atoms with van der Waals surface area (Å²) in [5.41, 5.74) is 0.272. The topological polar surface area (TPSA) is 92.4 Å². The van der Waals surface area contributed by atoms with E-state index in [0.29, 0.717) is 12.4 Å². The Morgan fingerprint density at radius 1 is 1.29 bits per heavy atom. The van der Waals surface area contributed by atoms with Gasteiger partial charge in [0, 0.05) is 26.2 Å². The standard InChI is InChI=1S/C16H21N5O3/c1-20-14(18-16(23)13-5-4-10-24-13)11-12(19-20)15(22)17-6-9-21-7-2-3-8-21/h4-5,10-11H,2-3,6-9H2,1H3,(H,17,22)(H,18,23). The van der Waals surface area contributed by atoms with Gasteiger partial charge in [0.05, 0.1) is 6.26 Å². The fourth-order valence-corrected chi connectivity index (χ4v) is 2.71. The fourth-order valence-electron chi connectivity index (χ4n) is 2.71. The zero-order valence-electron chi connectivity index (χ0n) is 13.6. The average molecular weight is 331 g/mol. The molecule has 0 atom stereocenters. The molecule has 3 rings (SSSR count). The molecule has 1 aliphatic heterocycles. The van der Waals surface area contributed by atoms with Crippen molar-refractivity contribution in [1.82, 2.24) is 20.0 Å². The smallest absolute Gasteiger partial charge is 0.292 e. The van der Waals surface area contributed by atoms with Gasteiger partial charge < -0.3 is 20.0 Å². The Labute approximate surface area is 139 Å². The molecule has 8 nitrogen and oxygen atoms in total. The number of anilines is 1. The van der Waals surface area contributed by atoms with Crippen molar-refractivity contribution in [3.05, 3.63) is 35.9 Å². The fraction of sp³-hybridized carbons (Fsp3) is 0.438. The Kier molecular flexibility index (Phi) is 4.95. The van der Waals surface area contributed by atoms with E-state index >= 15 is 0 Å². The van der Waals surface area contributed by atoms with Gasteiger partial charge in [-0.2, -0.15) is 5.10 Å². The molecule has 1 fully saturated rings. The van der Waals surface area contributed by atoms with Crippen molar-refractivity contribution >= 4 is 17.6 Å². The lowest BCUT2D eigenvalue weighted by Gasteiger charge is -2.14. The van der Waals surface area contributed by atoms with E-state index in [1.54, 1.807) is 25.2 Å². The molecule has 0 aromatic carbocycles. The van der Waals surface area contributed by atoms with Gasteiger partial charge in [0.2, 0.25) is 0 Å². The minimum Gasteiger partial charge on any atom is -0.459 e. The number of rotatable bonds is 6. The van der Waals surface area contributed by atoms with Crippen LogP contribution in [0, 0.1) is 0 Å². The van der Waals surface area contributed by atoms with Crippen LogP contribution in [0.1, 0.15) is 33.9 Å². The Morgan fingerprint density at radius 3 is 2.79 bits per heavy atom. The maximum atomic E-state index is 12.2. The van der Waals surface area contributed by atoms with Crippen LogP contribution in [0.25, 0.3) is 0 Å². The maximum absolute atomic E-state index is 12.2. The molecule has 0 unspecified atom stereocenters. The molecule has 0 aliphatic carbocycles. The van der Waals surface area contributed by atoms with Crippen molar-refractivity contribution in [2.24, 2.45) is 7.05 Å². The molecule has 24 heavy (non-hydrogen) atoms. The first-order valence-corrected chi connectivity index (χ1v) is 8.03. The van der Waals surface area contributed by atoms with Gasteiger partial charge in [-0.25, -0.2) is 0 Å². The molecule has 8 heteroatoms. The molecule has 0 radical (unpaired) electrons. The summed E-state index contributed by atoms with van der Waals surface area (Å²) in [6.45, 7) is 3.63. The predicted molar refractivity (Wildman–Crippen MR) is 87.9 cm³/mol. The molecule has 2 N–H and O–H groups in total. The van der Waals surface area contributed by atoms with Gasteiger partial charge >= 0.3 is 0 Å². The highest BCUT2D eigenvalue weighted by atomic mass is 16.3. The Morgan fingerprint density at radius 2 is 2.08 bits per heavy atom. The quantitative estimate of drug-likeness (QED) is 0.827. The molecule has 128 valence electrons. The van der Waals surface area contributed by atoms with Crippen molar-refractivity contribution in [1.29, 1.82) is 0 Å². The number of hydrogen-bond donors (Lipinski definition) is 2. The molecule has 2 aromatic heterocycles. The summed E-state index contributed by atoms with van der Waals surface area (Å²) in [5.74, 6) is 0.00111. The molecule has 1 saturated heterocycles. The lowest BCUT2D eigenvalue weighted by molar-refractivity contribution is 0.0943. The highest BCUT2D eigenvalue weighted by Gasteiger charge is 2.17. The number of nitrogens with one attached hydrogen (secondary N) is 2. The number of carbonyl (C=O) groups is 2. The first-order valence-electron chi connectivity index (χ1n) is 8.03.